The molecule has 166 valence electrons. The van der Waals surface area contributed by atoms with Gasteiger partial charge in [-0.3, -0.25) is 0 Å². The van der Waals surface area contributed by atoms with E-state index in [4.69, 9.17) is 11.6 Å². The number of hydrogen-bond donors (Lipinski definition) is 2. The Labute approximate surface area is 202 Å². The second kappa shape index (κ2) is 11.3. The molecule has 0 radical (unpaired) electrons. The summed E-state index contributed by atoms with van der Waals surface area (Å²) in [6.07, 6.45) is 1.22. The number of nitrogens with zero attached hydrogens (tertiary/aromatic N) is 1. The van der Waals surface area contributed by atoms with E-state index >= 15 is 0 Å². The molecule has 2 aromatic rings. The molecule has 0 amide bonds. The van der Waals surface area contributed by atoms with Gasteiger partial charge in [0.05, 0.1) is 11.4 Å². The molecular weight excluding hydrogens is 533 g/mol. The zero-order valence-electron chi connectivity index (χ0n) is 18.1. The zero-order valence-corrected chi connectivity index (χ0v) is 22.0. The molecule has 0 atom stereocenters. The molecule has 30 heavy (non-hydrogen) atoms. The molecule has 0 saturated carbocycles. The van der Waals surface area contributed by atoms with Crippen LogP contribution in [0.2, 0.25) is 5.02 Å². The summed E-state index contributed by atoms with van der Waals surface area (Å²) in [7, 11) is -3.21. The van der Waals surface area contributed by atoms with E-state index < -0.39 is 9.84 Å². The van der Waals surface area contributed by atoms with Crippen LogP contribution in [0, 0.1) is 6.92 Å². The van der Waals surface area contributed by atoms with E-state index in [-0.39, 0.29) is 29.4 Å². The Morgan fingerprint density at radius 1 is 1.10 bits per heavy atom. The predicted octanol–water partition coefficient (Wildman–Crippen LogP) is 4.70. The van der Waals surface area contributed by atoms with Gasteiger partial charge in [0.1, 0.15) is 0 Å². The average molecular weight is 564 g/mol. The van der Waals surface area contributed by atoms with Crippen LogP contribution in [-0.2, 0) is 21.8 Å². The molecular formula is C22H31ClIN3O2S. The summed E-state index contributed by atoms with van der Waals surface area (Å²) in [4.78, 5) is 5.01. The van der Waals surface area contributed by atoms with Gasteiger partial charge in [-0.2, -0.15) is 0 Å². The van der Waals surface area contributed by atoms with Crippen LogP contribution in [0.25, 0.3) is 0 Å². The van der Waals surface area contributed by atoms with Gasteiger partial charge in [0, 0.05) is 29.8 Å². The van der Waals surface area contributed by atoms with Crippen LogP contribution < -0.4 is 10.6 Å². The van der Waals surface area contributed by atoms with E-state index in [1.807, 2.05) is 50.2 Å². The predicted molar refractivity (Wildman–Crippen MR) is 137 cm³/mol. The molecule has 2 N–H and O–H groups in total. The summed E-state index contributed by atoms with van der Waals surface area (Å²) >= 11 is 6.00. The summed E-state index contributed by atoms with van der Waals surface area (Å²) < 4.78 is 23.6. The molecule has 0 spiro atoms. The Kier molecular flexibility index (Phi) is 10.1. The number of nitrogens with one attached hydrogen (secondary N) is 2. The van der Waals surface area contributed by atoms with Gasteiger partial charge in [0.15, 0.2) is 15.8 Å². The summed E-state index contributed by atoms with van der Waals surface area (Å²) in [5.74, 6) is 0.722. The number of benzene rings is 2. The number of rotatable bonds is 7. The Hall–Kier alpha value is -1.32. The molecule has 0 aliphatic rings. The highest BCUT2D eigenvalue weighted by molar-refractivity contribution is 14.0. The molecule has 0 aliphatic carbocycles. The van der Waals surface area contributed by atoms with Crippen LogP contribution in [-0.4, -0.2) is 33.7 Å². The fourth-order valence-corrected chi connectivity index (χ4v) is 4.13. The monoisotopic (exact) mass is 563 g/mol. The quantitative estimate of drug-likeness (QED) is 0.291. The minimum absolute atomic E-state index is 0. The Morgan fingerprint density at radius 3 is 2.27 bits per heavy atom. The van der Waals surface area contributed by atoms with Gasteiger partial charge in [-0.1, -0.05) is 49.7 Å². The highest BCUT2D eigenvalue weighted by Gasteiger charge is 2.21. The number of sulfone groups is 1. The van der Waals surface area contributed by atoms with Crippen LogP contribution in [0.1, 0.15) is 37.5 Å². The van der Waals surface area contributed by atoms with Gasteiger partial charge < -0.3 is 10.6 Å². The van der Waals surface area contributed by atoms with E-state index in [1.54, 1.807) is 6.07 Å². The van der Waals surface area contributed by atoms with Gasteiger partial charge in [-0.25, -0.2) is 13.4 Å². The number of guanidine groups is 1. The van der Waals surface area contributed by atoms with Crippen LogP contribution in [0.3, 0.4) is 0 Å². The van der Waals surface area contributed by atoms with Crippen molar-refractivity contribution in [2.24, 2.45) is 4.99 Å². The largest absolute Gasteiger partial charge is 0.357 e. The standard InChI is InChI=1S/C22H30ClN3O2S.HI/c1-6-24-21(26-15-22(3,4)18-8-10-19(23)11-9-18)25-14-17-7-12-20(16(2)13-17)29(5,27)28;/h7-13H,6,14-15H2,1-5H3,(H2,24,25,26);1H. The van der Waals surface area contributed by atoms with Gasteiger partial charge in [-0.15, -0.1) is 24.0 Å². The van der Waals surface area contributed by atoms with Crippen molar-refractivity contribution in [1.29, 1.82) is 0 Å². The molecule has 0 bridgehead atoms. The molecule has 0 aliphatic heterocycles. The van der Waals surface area contributed by atoms with Gasteiger partial charge in [0.25, 0.3) is 0 Å². The number of aliphatic imine (C=N–C) groups is 1. The second-order valence-corrected chi connectivity index (χ2v) is 10.2. The van der Waals surface area contributed by atoms with E-state index in [9.17, 15) is 8.42 Å². The van der Waals surface area contributed by atoms with E-state index in [2.05, 4.69) is 29.5 Å². The number of hydrogen-bond acceptors (Lipinski definition) is 3. The maximum absolute atomic E-state index is 11.8. The molecule has 2 rings (SSSR count). The fourth-order valence-electron chi connectivity index (χ4n) is 3.05. The Morgan fingerprint density at radius 2 is 1.73 bits per heavy atom. The Balaban J connectivity index is 0.00000450. The SMILES string of the molecule is CCNC(=NCc1ccc(S(C)(=O)=O)c(C)c1)NCC(C)(C)c1ccc(Cl)cc1.I. The summed E-state index contributed by atoms with van der Waals surface area (Å²) in [5.41, 5.74) is 2.79. The van der Waals surface area contributed by atoms with Crippen LogP contribution in [0.15, 0.2) is 52.4 Å². The van der Waals surface area contributed by atoms with Crippen molar-refractivity contribution in [3.8, 4) is 0 Å². The number of aryl methyl sites for hydroxylation is 1. The first-order valence-electron chi connectivity index (χ1n) is 9.61. The lowest BCUT2D eigenvalue weighted by Crippen LogP contribution is -2.43. The molecule has 0 heterocycles. The lowest BCUT2D eigenvalue weighted by atomic mass is 9.85. The first kappa shape index (κ1) is 26.7. The smallest absolute Gasteiger partial charge is 0.191 e. The van der Waals surface area contributed by atoms with Crippen LogP contribution >= 0.6 is 35.6 Å². The molecule has 0 aromatic heterocycles. The maximum atomic E-state index is 11.8. The third kappa shape index (κ3) is 7.74. The van der Waals surface area contributed by atoms with E-state index in [1.165, 1.54) is 11.8 Å². The Bertz CT molecular complexity index is 974. The first-order valence-corrected chi connectivity index (χ1v) is 11.9. The molecule has 8 heteroatoms. The summed E-state index contributed by atoms with van der Waals surface area (Å²) in [6.45, 7) is 10.1. The van der Waals surface area contributed by atoms with Crippen molar-refractivity contribution in [3.05, 3.63) is 64.2 Å². The molecule has 0 unspecified atom stereocenters. The fraction of sp³-hybridized carbons (Fsp3) is 0.409. The van der Waals surface area contributed by atoms with Gasteiger partial charge in [-0.05, 0) is 48.7 Å². The molecule has 0 saturated heterocycles. The average Bonchev–Trinajstić information content (AvgIpc) is 2.63. The number of halogens is 2. The third-order valence-corrected chi connectivity index (χ3v) is 6.24. The highest BCUT2D eigenvalue weighted by Crippen LogP contribution is 2.24. The van der Waals surface area contributed by atoms with Crippen molar-refractivity contribution >= 4 is 51.4 Å². The van der Waals surface area contributed by atoms with E-state index in [0.717, 1.165) is 28.7 Å². The summed E-state index contributed by atoms with van der Waals surface area (Å²) in [5, 5.41) is 7.39. The zero-order chi connectivity index (χ0) is 21.7. The summed E-state index contributed by atoms with van der Waals surface area (Å²) in [6, 6.07) is 13.2. The van der Waals surface area contributed by atoms with Crippen molar-refractivity contribution in [2.45, 2.75) is 44.6 Å². The van der Waals surface area contributed by atoms with Gasteiger partial charge >= 0.3 is 0 Å². The minimum atomic E-state index is -3.21. The topological polar surface area (TPSA) is 70.6 Å². The first-order chi connectivity index (χ1) is 13.5. The molecule has 0 fully saturated rings. The van der Waals surface area contributed by atoms with E-state index in [0.29, 0.717) is 18.0 Å². The van der Waals surface area contributed by atoms with Crippen molar-refractivity contribution in [3.63, 3.8) is 0 Å². The minimum Gasteiger partial charge on any atom is -0.357 e. The molecule has 5 nitrogen and oxygen atoms in total. The lowest BCUT2D eigenvalue weighted by molar-refractivity contribution is 0.508. The van der Waals surface area contributed by atoms with Crippen molar-refractivity contribution in [2.75, 3.05) is 19.3 Å². The molecule has 2 aromatic carbocycles. The lowest BCUT2D eigenvalue weighted by Gasteiger charge is -2.27. The van der Waals surface area contributed by atoms with Gasteiger partial charge in [0.2, 0.25) is 0 Å². The van der Waals surface area contributed by atoms with Crippen molar-refractivity contribution in [1.82, 2.24) is 10.6 Å². The van der Waals surface area contributed by atoms with Crippen LogP contribution in [0.4, 0.5) is 0 Å². The third-order valence-electron chi connectivity index (χ3n) is 4.73. The normalized spacial score (nSPS) is 12.3. The maximum Gasteiger partial charge on any atom is 0.191 e. The van der Waals surface area contributed by atoms with Crippen molar-refractivity contribution < 1.29 is 8.42 Å². The van der Waals surface area contributed by atoms with Crippen LogP contribution in [0.5, 0.6) is 0 Å². The highest BCUT2D eigenvalue weighted by atomic mass is 127. The second-order valence-electron chi connectivity index (χ2n) is 7.81.